The van der Waals surface area contributed by atoms with Crippen LogP contribution in [0.4, 0.5) is 34.1 Å². The molecule has 0 fully saturated rings. The number of hydrogen-bond donors (Lipinski definition) is 0. The molecule has 0 bridgehead atoms. The molecule has 2 heterocycles. The molecule has 14 rings (SSSR count). The monoisotopic (exact) mass is 972 g/mol. The smallest absolute Gasteiger partial charge is 0.135 e. The van der Waals surface area contributed by atoms with E-state index in [1.807, 2.05) is 24.3 Å². The summed E-state index contributed by atoms with van der Waals surface area (Å²) >= 11 is 0. The van der Waals surface area contributed by atoms with Gasteiger partial charge >= 0.3 is 0 Å². The fourth-order valence-electron chi connectivity index (χ4n) is 10.8. The molecule has 12 aromatic carbocycles. The van der Waals surface area contributed by atoms with Crippen molar-refractivity contribution >= 4 is 78.0 Å². The van der Waals surface area contributed by atoms with Crippen molar-refractivity contribution in [3.8, 4) is 55.6 Å². The maximum absolute atomic E-state index is 6.15. The van der Waals surface area contributed by atoms with Crippen LogP contribution in [-0.2, 0) is 0 Å². The Bertz CT molecular complexity index is 4050. The lowest BCUT2D eigenvalue weighted by atomic mass is 10.0. The number of benzene rings is 12. The largest absolute Gasteiger partial charge is 0.456 e. The second kappa shape index (κ2) is 19.0. The molecule has 76 heavy (non-hydrogen) atoms. The Balaban J connectivity index is 0.778. The minimum Gasteiger partial charge on any atom is -0.456 e. The Morgan fingerprint density at radius 2 is 0.395 bits per heavy atom. The average Bonchev–Trinajstić information content (AvgIpc) is 4.10. The Labute approximate surface area is 441 Å². The van der Waals surface area contributed by atoms with Crippen molar-refractivity contribution in [2.75, 3.05) is 9.80 Å². The number of para-hydroxylation sites is 2. The number of nitrogens with zero attached hydrogens (tertiary/aromatic N) is 2. The maximum atomic E-state index is 6.15. The molecule has 0 aliphatic carbocycles. The van der Waals surface area contributed by atoms with E-state index in [4.69, 9.17) is 8.83 Å². The first kappa shape index (κ1) is 44.5. The van der Waals surface area contributed by atoms with Crippen molar-refractivity contribution in [3.63, 3.8) is 0 Å². The highest BCUT2D eigenvalue weighted by molar-refractivity contribution is 6.07. The third kappa shape index (κ3) is 8.34. The molecule has 0 atom stereocenters. The van der Waals surface area contributed by atoms with Gasteiger partial charge in [0.25, 0.3) is 0 Å². The van der Waals surface area contributed by atoms with Crippen LogP contribution in [0, 0.1) is 0 Å². The summed E-state index contributed by atoms with van der Waals surface area (Å²) in [4.78, 5) is 4.67. The molecule has 0 aliphatic rings. The molecular formula is C72H48N2O2. The van der Waals surface area contributed by atoms with Crippen LogP contribution in [0.1, 0.15) is 0 Å². The van der Waals surface area contributed by atoms with Gasteiger partial charge in [-0.05, 0) is 165 Å². The standard InChI is InChI=1S/C72H48N2O2/c1-3-11-49(12-4-1)51-19-33-59(34-20-51)73(63-41-27-55(28-42-63)57-31-45-71-67(47-57)65-15-7-9-17-69(65)75-71)61-37-23-53(24-38-61)54-25-39-62(40-26-54)74(60-35-21-52(22-36-60)50-13-5-2-6-14-50)64-43-29-56(30-44-64)58-32-46-72-68(48-58)66-16-8-10-18-70(66)76-72/h1-48H. The number of furan rings is 2. The van der Waals surface area contributed by atoms with Gasteiger partial charge in [0, 0.05) is 55.7 Å². The Hall–Kier alpha value is -10.2. The minimum atomic E-state index is 0.898. The van der Waals surface area contributed by atoms with Crippen molar-refractivity contribution in [2.45, 2.75) is 0 Å². The maximum Gasteiger partial charge on any atom is 0.135 e. The number of anilines is 6. The van der Waals surface area contributed by atoms with Crippen LogP contribution in [-0.4, -0.2) is 0 Å². The number of fused-ring (bicyclic) bond motifs is 6. The van der Waals surface area contributed by atoms with Crippen molar-refractivity contribution in [2.24, 2.45) is 0 Å². The molecule has 0 radical (unpaired) electrons. The molecule has 4 heteroatoms. The van der Waals surface area contributed by atoms with Crippen LogP contribution in [0.2, 0.25) is 0 Å². The van der Waals surface area contributed by atoms with Crippen LogP contribution >= 0.6 is 0 Å². The van der Waals surface area contributed by atoms with Crippen LogP contribution < -0.4 is 9.80 Å². The predicted molar refractivity (Wildman–Crippen MR) is 318 cm³/mol. The van der Waals surface area contributed by atoms with Gasteiger partial charge in [0.05, 0.1) is 0 Å². The minimum absolute atomic E-state index is 0.898. The van der Waals surface area contributed by atoms with Gasteiger partial charge < -0.3 is 18.6 Å². The van der Waals surface area contributed by atoms with Crippen molar-refractivity contribution in [3.05, 3.63) is 291 Å². The van der Waals surface area contributed by atoms with Crippen molar-refractivity contribution in [1.29, 1.82) is 0 Å². The van der Waals surface area contributed by atoms with Crippen molar-refractivity contribution in [1.82, 2.24) is 0 Å². The van der Waals surface area contributed by atoms with E-state index in [-0.39, 0.29) is 0 Å². The number of rotatable bonds is 11. The fraction of sp³-hybridized carbons (Fsp3) is 0. The topological polar surface area (TPSA) is 32.8 Å². The summed E-state index contributed by atoms with van der Waals surface area (Å²) in [7, 11) is 0. The van der Waals surface area contributed by atoms with Gasteiger partial charge in [-0.25, -0.2) is 0 Å². The first-order valence-corrected chi connectivity index (χ1v) is 25.8. The quantitative estimate of drug-likeness (QED) is 0.129. The average molecular weight is 973 g/mol. The fourth-order valence-corrected chi connectivity index (χ4v) is 10.8. The molecule has 0 aliphatic heterocycles. The zero-order valence-corrected chi connectivity index (χ0v) is 41.4. The van der Waals surface area contributed by atoms with Crippen LogP contribution in [0.3, 0.4) is 0 Å². The van der Waals surface area contributed by atoms with Gasteiger partial charge in [0.2, 0.25) is 0 Å². The lowest BCUT2D eigenvalue weighted by Crippen LogP contribution is -2.10. The first-order valence-electron chi connectivity index (χ1n) is 25.8. The van der Waals surface area contributed by atoms with E-state index < -0.39 is 0 Å². The molecule has 0 saturated heterocycles. The second-order valence-corrected chi connectivity index (χ2v) is 19.3. The second-order valence-electron chi connectivity index (χ2n) is 19.3. The Morgan fingerprint density at radius 1 is 0.171 bits per heavy atom. The lowest BCUT2D eigenvalue weighted by molar-refractivity contribution is 0.668. The Kier molecular flexibility index (Phi) is 11.2. The lowest BCUT2D eigenvalue weighted by Gasteiger charge is -2.27. The molecule has 14 aromatic rings. The summed E-state index contributed by atoms with van der Waals surface area (Å²) in [5.41, 5.74) is 21.6. The third-order valence-corrected chi connectivity index (χ3v) is 14.7. The van der Waals surface area contributed by atoms with Gasteiger partial charge in [-0.15, -0.1) is 0 Å². The summed E-state index contributed by atoms with van der Waals surface area (Å²) in [5.74, 6) is 0. The normalized spacial score (nSPS) is 11.4. The van der Waals surface area contributed by atoms with E-state index in [2.05, 4.69) is 277 Å². The summed E-state index contributed by atoms with van der Waals surface area (Å²) in [6.45, 7) is 0. The SMILES string of the molecule is c1ccc(-c2ccc(N(c3ccc(-c4ccc(N(c5ccc(-c6ccccc6)cc5)c5ccc(-c6ccc7oc8ccccc8c7c6)cc5)cc4)cc3)c3ccc(-c4ccc5oc6ccccc6c5c4)cc3)cc2)cc1. The van der Waals surface area contributed by atoms with Gasteiger partial charge in [-0.1, -0.05) is 182 Å². The summed E-state index contributed by atoms with van der Waals surface area (Å²) in [6, 6.07) is 104. The summed E-state index contributed by atoms with van der Waals surface area (Å²) in [5, 5.41) is 4.50. The van der Waals surface area contributed by atoms with Gasteiger partial charge in [0.15, 0.2) is 0 Å². The molecule has 0 spiro atoms. The van der Waals surface area contributed by atoms with E-state index >= 15 is 0 Å². The molecule has 358 valence electrons. The van der Waals surface area contributed by atoms with Crippen LogP contribution in [0.15, 0.2) is 300 Å². The van der Waals surface area contributed by atoms with Crippen LogP contribution in [0.25, 0.3) is 99.5 Å². The van der Waals surface area contributed by atoms with E-state index in [9.17, 15) is 0 Å². The molecule has 2 aromatic heterocycles. The summed E-state index contributed by atoms with van der Waals surface area (Å²) in [6.07, 6.45) is 0. The summed E-state index contributed by atoms with van der Waals surface area (Å²) < 4.78 is 12.3. The molecule has 0 amide bonds. The molecular weight excluding hydrogens is 925 g/mol. The highest BCUT2D eigenvalue weighted by Gasteiger charge is 2.18. The third-order valence-electron chi connectivity index (χ3n) is 14.7. The zero-order chi connectivity index (χ0) is 50.4. The van der Waals surface area contributed by atoms with Gasteiger partial charge in [0.1, 0.15) is 22.3 Å². The highest BCUT2D eigenvalue weighted by atomic mass is 16.3. The Morgan fingerprint density at radius 3 is 0.697 bits per heavy atom. The van der Waals surface area contributed by atoms with E-state index in [1.165, 1.54) is 22.3 Å². The van der Waals surface area contributed by atoms with Crippen molar-refractivity contribution < 1.29 is 8.83 Å². The van der Waals surface area contributed by atoms with Gasteiger partial charge in [-0.2, -0.15) is 0 Å². The van der Waals surface area contributed by atoms with E-state index in [0.717, 1.165) is 111 Å². The van der Waals surface area contributed by atoms with Crippen LogP contribution in [0.5, 0.6) is 0 Å². The predicted octanol–water partition coefficient (Wildman–Crippen LogP) is 20.8. The first-order chi connectivity index (χ1) is 37.6. The van der Waals surface area contributed by atoms with Gasteiger partial charge in [-0.3, -0.25) is 0 Å². The zero-order valence-electron chi connectivity index (χ0n) is 41.4. The number of hydrogen-bond acceptors (Lipinski definition) is 4. The van der Waals surface area contributed by atoms with E-state index in [0.29, 0.717) is 0 Å². The van der Waals surface area contributed by atoms with E-state index in [1.54, 1.807) is 0 Å². The molecule has 0 N–H and O–H groups in total. The highest BCUT2D eigenvalue weighted by Crippen LogP contribution is 2.42. The molecule has 0 unspecified atom stereocenters. The molecule has 4 nitrogen and oxygen atoms in total. The molecule has 0 saturated carbocycles.